The number of hydrogen-bond donors (Lipinski definition) is 2. The van der Waals surface area contributed by atoms with Gasteiger partial charge in [-0.25, -0.2) is 9.67 Å². The van der Waals surface area contributed by atoms with Crippen LogP contribution < -0.4 is 10.6 Å². The number of thiazole rings is 1. The molecule has 0 spiro atoms. The van der Waals surface area contributed by atoms with Gasteiger partial charge < -0.3 is 10.6 Å². The molecule has 2 aromatic rings. The lowest BCUT2D eigenvalue weighted by Gasteiger charge is -2.22. The van der Waals surface area contributed by atoms with Gasteiger partial charge in [-0.05, 0) is 32.9 Å². The molecule has 8 heteroatoms. The molecule has 1 aliphatic rings. The van der Waals surface area contributed by atoms with E-state index in [9.17, 15) is 4.79 Å². The van der Waals surface area contributed by atoms with Gasteiger partial charge in [0.25, 0.3) is 5.91 Å². The Morgan fingerprint density at radius 2 is 2.33 bits per heavy atom. The van der Waals surface area contributed by atoms with E-state index >= 15 is 0 Å². The van der Waals surface area contributed by atoms with E-state index in [-0.39, 0.29) is 5.91 Å². The minimum absolute atomic E-state index is 0.206. The second-order valence-corrected chi connectivity index (χ2v) is 6.43. The van der Waals surface area contributed by atoms with E-state index in [0.717, 1.165) is 35.8 Å². The highest BCUT2D eigenvalue weighted by Crippen LogP contribution is 2.17. The molecule has 0 bridgehead atoms. The lowest BCUT2D eigenvalue weighted by atomic mass is 10.1. The van der Waals surface area contributed by atoms with Crippen LogP contribution in [0.2, 0.25) is 0 Å². The number of amides is 1. The first kappa shape index (κ1) is 14.2. The van der Waals surface area contributed by atoms with Crippen molar-refractivity contribution >= 4 is 17.2 Å². The Labute approximate surface area is 126 Å². The topological polar surface area (TPSA) is 84.7 Å². The minimum Gasteiger partial charge on any atom is -0.344 e. The summed E-state index contributed by atoms with van der Waals surface area (Å²) in [6.45, 7) is 4.38. The molecule has 21 heavy (non-hydrogen) atoms. The Kier molecular flexibility index (Phi) is 4.26. The van der Waals surface area contributed by atoms with E-state index in [2.05, 4.69) is 25.9 Å². The number of hydrogen-bond acceptors (Lipinski definition) is 6. The van der Waals surface area contributed by atoms with Gasteiger partial charge in [0.2, 0.25) is 0 Å². The van der Waals surface area contributed by atoms with Gasteiger partial charge >= 0.3 is 0 Å². The van der Waals surface area contributed by atoms with Crippen LogP contribution in [0.25, 0.3) is 0 Å². The van der Waals surface area contributed by atoms with Crippen molar-refractivity contribution in [2.24, 2.45) is 0 Å². The summed E-state index contributed by atoms with van der Waals surface area (Å²) in [4.78, 5) is 17.4. The van der Waals surface area contributed by atoms with Gasteiger partial charge in [0, 0.05) is 11.1 Å². The Morgan fingerprint density at radius 1 is 1.52 bits per heavy atom. The highest BCUT2D eigenvalue weighted by molar-refractivity contribution is 7.11. The fourth-order valence-corrected chi connectivity index (χ4v) is 3.09. The lowest BCUT2D eigenvalue weighted by molar-refractivity contribution is 0.0945. The van der Waals surface area contributed by atoms with Gasteiger partial charge in [-0.2, -0.15) is 0 Å². The molecule has 0 atom stereocenters. The second-order valence-electron chi connectivity index (χ2n) is 5.11. The molecule has 0 saturated carbocycles. The Hall–Kier alpha value is -1.80. The molecule has 2 N–H and O–H groups in total. The van der Waals surface area contributed by atoms with Crippen molar-refractivity contribution in [2.75, 3.05) is 13.1 Å². The smallest absolute Gasteiger partial charge is 0.273 e. The van der Waals surface area contributed by atoms with Crippen molar-refractivity contribution in [3.8, 4) is 0 Å². The van der Waals surface area contributed by atoms with Gasteiger partial charge in [-0.3, -0.25) is 4.79 Å². The van der Waals surface area contributed by atoms with E-state index < -0.39 is 0 Å². The third kappa shape index (κ3) is 3.45. The summed E-state index contributed by atoms with van der Waals surface area (Å²) in [6, 6.07) is 0.335. The number of carbonyl (C=O) groups excluding carboxylic acids is 1. The maximum Gasteiger partial charge on any atom is 0.273 e. The first-order valence-corrected chi connectivity index (χ1v) is 7.86. The largest absolute Gasteiger partial charge is 0.344 e. The summed E-state index contributed by atoms with van der Waals surface area (Å²) in [7, 11) is 0. The maximum atomic E-state index is 12.1. The van der Waals surface area contributed by atoms with E-state index in [1.165, 1.54) is 0 Å². The average Bonchev–Trinajstić information content (AvgIpc) is 3.15. The van der Waals surface area contributed by atoms with Crippen molar-refractivity contribution in [1.29, 1.82) is 0 Å². The van der Waals surface area contributed by atoms with E-state index in [4.69, 9.17) is 0 Å². The molecule has 3 rings (SSSR count). The van der Waals surface area contributed by atoms with Crippen molar-refractivity contribution in [3.63, 3.8) is 0 Å². The van der Waals surface area contributed by atoms with Gasteiger partial charge in [0.05, 0.1) is 18.8 Å². The molecule has 0 radical (unpaired) electrons. The zero-order chi connectivity index (χ0) is 14.7. The van der Waals surface area contributed by atoms with Gasteiger partial charge in [0.1, 0.15) is 5.01 Å². The third-order valence-corrected chi connectivity index (χ3v) is 4.41. The number of nitrogens with zero attached hydrogens (tertiary/aromatic N) is 4. The summed E-state index contributed by atoms with van der Waals surface area (Å²) >= 11 is 1.58. The number of aryl methyl sites for hydroxylation is 1. The Balaban J connectivity index is 1.58. The summed E-state index contributed by atoms with van der Waals surface area (Å²) in [5, 5.41) is 15.1. The molecule has 112 valence electrons. The average molecular weight is 306 g/mol. The SMILES string of the molecule is Cc1cnc(CNC(=O)c2cn(C3CCNCC3)nn2)s1. The standard InChI is InChI=1S/C13H18N6OS/c1-9-6-15-12(21-9)7-16-13(20)11-8-19(18-17-11)10-2-4-14-5-3-10/h6,8,10,14H,2-5,7H2,1H3,(H,16,20). The predicted octanol–water partition coefficient (Wildman–Crippen LogP) is 0.898. The first-order chi connectivity index (χ1) is 10.2. The van der Waals surface area contributed by atoms with Gasteiger partial charge in [0.15, 0.2) is 5.69 Å². The van der Waals surface area contributed by atoms with Crippen LogP contribution in [-0.4, -0.2) is 39.0 Å². The van der Waals surface area contributed by atoms with Gasteiger partial charge in [-0.1, -0.05) is 5.21 Å². The first-order valence-electron chi connectivity index (χ1n) is 7.04. The molecule has 1 amide bonds. The van der Waals surface area contributed by atoms with Crippen molar-refractivity contribution < 1.29 is 4.79 Å². The van der Waals surface area contributed by atoms with Crippen molar-refractivity contribution in [2.45, 2.75) is 32.4 Å². The monoisotopic (exact) mass is 306 g/mol. The highest BCUT2D eigenvalue weighted by Gasteiger charge is 2.18. The zero-order valence-electron chi connectivity index (χ0n) is 11.9. The molecular formula is C13H18N6OS. The number of rotatable bonds is 4. The summed E-state index contributed by atoms with van der Waals surface area (Å²) < 4.78 is 1.81. The molecule has 7 nitrogen and oxygen atoms in total. The molecule has 1 aliphatic heterocycles. The molecule has 0 aliphatic carbocycles. The molecule has 1 fully saturated rings. The number of carbonyl (C=O) groups is 1. The van der Waals surface area contributed by atoms with Crippen LogP contribution in [0.3, 0.4) is 0 Å². The molecule has 1 saturated heterocycles. The predicted molar refractivity (Wildman–Crippen MR) is 79.2 cm³/mol. The van der Waals surface area contributed by atoms with E-state index in [1.807, 2.05) is 11.6 Å². The lowest BCUT2D eigenvalue weighted by Crippen LogP contribution is -2.29. The van der Waals surface area contributed by atoms with Crippen LogP contribution in [0.5, 0.6) is 0 Å². The van der Waals surface area contributed by atoms with E-state index in [0.29, 0.717) is 18.3 Å². The second kappa shape index (κ2) is 6.31. The molecule has 3 heterocycles. The fourth-order valence-electron chi connectivity index (χ4n) is 2.36. The maximum absolute atomic E-state index is 12.1. The quantitative estimate of drug-likeness (QED) is 0.876. The van der Waals surface area contributed by atoms with Gasteiger partial charge in [-0.15, -0.1) is 16.4 Å². The van der Waals surface area contributed by atoms with E-state index in [1.54, 1.807) is 23.7 Å². The molecule has 0 unspecified atom stereocenters. The van der Waals surface area contributed by atoms with Crippen LogP contribution in [0.1, 0.15) is 39.3 Å². The summed E-state index contributed by atoms with van der Waals surface area (Å²) in [5.74, 6) is -0.206. The van der Waals surface area contributed by atoms with Crippen molar-refractivity contribution in [3.05, 3.63) is 28.0 Å². The zero-order valence-corrected chi connectivity index (χ0v) is 12.7. The van der Waals surface area contributed by atoms with Crippen LogP contribution in [0, 0.1) is 6.92 Å². The Morgan fingerprint density at radius 3 is 3.05 bits per heavy atom. The normalized spacial score (nSPS) is 16.0. The summed E-state index contributed by atoms with van der Waals surface area (Å²) in [6.07, 6.45) is 5.57. The number of aromatic nitrogens is 4. The van der Waals surface area contributed by atoms with Crippen LogP contribution in [-0.2, 0) is 6.54 Å². The minimum atomic E-state index is -0.206. The molecule has 0 aromatic carbocycles. The van der Waals surface area contributed by atoms with Crippen LogP contribution in [0.4, 0.5) is 0 Å². The molecule has 2 aromatic heterocycles. The number of piperidine rings is 1. The third-order valence-electron chi connectivity index (χ3n) is 3.50. The Bertz CT molecular complexity index is 616. The van der Waals surface area contributed by atoms with Crippen molar-refractivity contribution in [1.82, 2.24) is 30.6 Å². The number of nitrogens with one attached hydrogen (secondary N) is 2. The highest BCUT2D eigenvalue weighted by atomic mass is 32.1. The fraction of sp³-hybridized carbons (Fsp3) is 0.538. The van der Waals surface area contributed by atoms with Crippen LogP contribution >= 0.6 is 11.3 Å². The van der Waals surface area contributed by atoms with Crippen LogP contribution in [0.15, 0.2) is 12.4 Å². The molecular weight excluding hydrogens is 288 g/mol. The summed E-state index contributed by atoms with van der Waals surface area (Å²) in [5.41, 5.74) is 0.363.